The maximum absolute atomic E-state index is 11.2. The number of rotatable bonds is 1. The topological polar surface area (TPSA) is 41.1 Å². The first kappa shape index (κ1) is 11.2. The molecule has 4 heteroatoms. The third-order valence-corrected chi connectivity index (χ3v) is 0.925. The van der Waals surface area contributed by atoms with Crippen molar-refractivity contribution in [3.05, 3.63) is 0 Å². The van der Waals surface area contributed by atoms with Crippen LogP contribution in [0.15, 0.2) is 0 Å². The summed E-state index contributed by atoms with van der Waals surface area (Å²) in [6.07, 6.45) is 0. The average molecular weight is 174 g/mol. The Morgan fingerprint density at radius 1 is 1.17 bits per heavy atom. The summed E-state index contributed by atoms with van der Waals surface area (Å²) in [6.45, 7) is 5.84. The largest absolute Gasteiger partial charge is 0.359 e. The lowest BCUT2D eigenvalue weighted by Gasteiger charge is -2.27. The van der Waals surface area contributed by atoms with Crippen molar-refractivity contribution in [3.8, 4) is 0 Å². The molecule has 0 aliphatic carbocycles. The second-order valence-corrected chi connectivity index (χ2v) is 4.83. The molecule has 0 rings (SSSR count). The summed E-state index contributed by atoms with van der Waals surface area (Å²) in [5.41, 5.74) is 2.58. The quantitative estimate of drug-likeness (QED) is 0.446. The van der Waals surface area contributed by atoms with Crippen molar-refractivity contribution < 1.29 is 9.39 Å². The Labute approximate surface area is 74.5 Å². The third-order valence-electron chi connectivity index (χ3n) is 0.925. The van der Waals surface area contributed by atoms with Crippen LogP contribution in [0.25, 0.3) is 0 Å². The molecule has 0 aliphatic heterocycles. The molecule has 0 aromatic rings. The molecule has 0 atom stereocenters. The molecule has 0 unspecified atom stereocenters. The highest BCUT2D eigenvalue weighted by Gasteiger charge is 2.17. The molecule has 0 spiro atoms. The van der Waals surface area contributed by atoms with Crippen molar-refractivity contribution in [2.75, 3.05) is 21.1 Å². The Kier molecular flexibility index (Phi) is 3.10. The second-order valence-electron chi connectivity index (χ2n) is 4.83. The number of nitrogens with one attached hydrogen (secondary N) is 2. The predicted octanol–water partition coefficient (Wildman–Crippen LogP) is 0.705. The monoisotopic (exact) mass is 174 g/mol. The number of carbonyl (C=O) groups is 1. The van der Waals surface area contributed by atoms with Gasteiger partial charge in [0.25, 0.3) is 0 Å². The summed E-state index contributed by atoms with van der Waals surface area (Å²) in [6, 6.07) is -0.144. The molecule has 2 amide bonds. The van der Waals surface area contributed by atoms with Gasteiger partial charge in [-0.05, 0) is 20.8 Å². The highest BCUT2D eigenvalue weighted by atomic mass is 16.2. The molecule has 0 aromatic carbocycles. The lowest BCUT2D eigenvalue weighted by molar-refractivity contribution is -0.905. The number of hydrogen-bond acceptors (Lipinski definition) is 1. The zero-order valence-corrected chi connectivity index (χ0v) is 8.86. The van der Waals surface area contributed by atoms with Gasteiger partial charge in [-0.15, -0.1) is 0 Å². The van der Waals surface area contributed by atoms with Crippen LogP contribution < -0.4 is 10.7 Å². The minimum atomic E-state index is -0.181. The first-order valence-electron chi connectivity index (χ1n) is 4.02. The minimum Gasteiger partial charge on any atom is -0.330 e. The maximum Gasteiger partial charge on any atom is 0.359 e. The summed E-state index contributed by atoms with van der Waals surface area (Å²) in [7, 11) is 5.67. The van der Waals surface area contributed by atoms with E-state index in [1.807, 2.05) is 41.9 Å². The summed E-state index contributed by atoms with van der Waals surface area (Å²) in [4.78, 5) is 11.2. The van der Waals surface area contributed by atoms with Crippen molar-refractivity contribution in [1.82, 2.24) is 10.7 Å². The highest BCUT2D eigenvalue weighted by molar-refractivity contribution is 5.73. The van der Waals surface area contributed by atoms with E-state index in [-0.39, 0.29) is 11.6 Å². The first-order valence-corrected chi connectivity index (χ1v) is 4.02. The van der Waals surface area contributed by atoms with Crippen LogP contribution in [-0.2, 0) is 0 Å². The van der Waals surface area contributed by atoms with Gasteiger partial charge in [0.15, 0.2) is 0 Å². The molecule has 72 valence electrons. The molecule has 0 radical (unpaired) electrons. The van der Waals surface area contributed by atoms with E-state index in [1.54, 1.807) is 0 Å². The summed E-state index contributed by atoms with van der Waals surface area (Å²) >= 11 is 0. The highest BCUT2D eigenvalue weighted by Crippen LogP contribution is 1.97. The van der Waals surface area contributed by atoms with Crippen molar-refractivity contribution in [2.24, 2.45) is 0 Å². The standard InChI is InChI=1S/C8H19N3O/c1-8(2,3)9-7(12)10-11(4,5)6/h1-6H3,(H-,9,10,12)/p+1. The smallest absolute Gasteiger partial charge is 0.330 e. The van der Waals surface area contributed by atoms with Gasteiger partial charge >= 0.3 is 6.03 Å². The van der Waals surface area contributed by atoms with E-state index in [0.29, 0.717) is 4.59 Å². The molecule has 0 saturated heterocycles. The zero-order chi connectivity index (χ0) is 9.99. The number of quaternary nitrogens is 1. The SMILES string of the molecule is CC(C)(C)NC(=O)N[N+](C)(C)C. The normalized spacial score (nSPS) is 12.5. The Hall–Kier alpha value is -0.770. The van der Waals surface area contributed by atoms with Crippen molar-refractivity contribution in [1.29, 1.82) is 0 Å². The molecule has 0 aliphatic rings. The van der Waals surface area contributed by atoms with Crippen LogP contribution in [-0.4, -0.2) is 37.3 Å². The summed E-state index contributed by atoms with van der Waals surface area (Å²) < 4.78 is 0.419. The molecule has 0 fully saturated rings. The summed E-state index contributed by atoms with van der Waals surface area (Å²) in [5, 5.41) is 2.81. The fourth-order valence-corrected chi connectivity index (χ4v) is 0.673. The number of amides is 2. The average Bonchev–Trinajstić information content (AvgIpc) is 1.49. The Morgan fingerprint density at radius 3 is 1.83 bits per heavy atom. The molecule has 2 N–H and O–H groups in total. The van der Waals surface area contributed by atoms with Crippen molar-refractivity contribution in [2.45, 2.75) is 26.3 Å². The van der Waals surface area contributed by atoms with Gasteiger partial charge in [0.2, 0.25) is 0 Å². The molecule has 12 heavy (non-hydrogen) atoms. The summed E-state index contributed by atoms with van der Waals surface area (Å²) in [5.74, 6) is 0. The minimum absolute atomic E-state index is 0.144. The Bertz CT molecular complexity index is 146. The van der Waals surface area contributed by atoms with E-state index in [1.165, 1.54) is 0 Å². The molecule has 0 saturated carbocycles. The number of carbonyl (C=O) groups excluding carboxylic acids is 1. The third kappa shape index (κ3) is 7.34. The van der Waals surface area contributed by atoms with Gasteiger partial charge in [-0.2, -0.15) is 5.43 Å². The van der Waals surface area contributed by atoms with E-state index in [2.05, 4.69) is 10.7 Å². The predicted molar refractivity (Wildman–Crippen MR) is 49.5 cm³/mol. The van der Waals surface area contributed by atoms with Crippen LogP contribution in [0.4, 0.5) is 4.79 Å². The van der Waals surface area contributed by atoms with Crippen LogP contribution in [0, 0.1) is 0 Å². The van der Waals surface area contributed by atoms with Gasteiger partial charge in [0, 0.05) is 5.54 Å². The van der Waals surface area contributed by atoms with Crippen molar-refractivity contribution >= 4 is 6.03 Å². The van der Waals surface area contributed by atoms with Gasteiger partial charge in [-0.3, -0.25) is 0 Å². The van der Waals surface area contributed by atoms with Crippen LogP contribution in [0.2, 0.25) is 0 Å². The fraction of sp³-hybridized carbons (Fsp3) is 0.875. The second kappa shape index (κ2) is 3.31. The maximum atomic E-state index is 11.2. The van der Waals surface area contributed by atoms with Crippen LogP contribution in [0.1, 0.15) is 20.8 Å². The van der Waals surface area contributed by atoms with E-state index in [9.17, 15) is 4.79 Å². The number of nitrogens with zero attached hydrogens (tertiary/aromatic N) is 1. The number of urea groups is 1. The molecular formula is C8H20N3O+. The van der Waals surface area contributed by atoms with Crippen LogP contribution >= 0.6 is 0 Å². The molecule has 4 nitrogen and oxygen atoms in total. The zero-order valence-electron chi connectivity index (χ0n) is 8.86. The molecular weight excluding hydrogens is 154 g/mol. The van der Waals surface area contributed by atoms with Crippen LogP contribution in [0.5, 0.6) is 0 Å². The fourth-order valence-electron chi connectivity index (χ4n) is 0.673. The van der Waals surface area contributed by atoms with Crippen LogP contribution in [0.3, 0.4) is 0 Å². The Balaban J connectivity index is 3.92. The number of hydrogen-bond donors (Lipinski definition) is 2. The van der Waals surface area contributed by atoms with E-state index in [0.717, 1.165) is 0 Å². The van der Waals surface area contributed by atoms with Gasteiger partial charge < -0.3 is 5.32 Å². The molecule has 0 aromatic heterocycles. The Morgan fingerprint density at radius 2 is 1.58 bits per heavy atom. The first-order chi connectivity index (χ1) is 5.10. The van der Waals surface area contributed by atoms with E-state index in [4.69, 9.17) is 0 Å². The molecule has 0 heterocycles. The van der Waals surface area contributed by atoms with E-state index >= 15 is 0 Å². The lowest BCUT2D eigenvalue weighted by atomic mass is 10.1. The lowest BCUT2D eigenvalue weighted by Crippen LogP contribution is -2.57. The van der Waals surface area contributed by atoms with Crippen molar-refractivity contribution in [3.63, 3.8) is 0 Å². The van der Waals surface area contributed by atoms with E-state index < -0.39 is 0 Å². The van der Waals surface area contributed by atoms with Gasteiger partial charge in [-0.25, -0.2) is 9.39 Å². The van der Waals surface area contributed by atoms with Gasteiger partial charge in [0.05, 0.1) is 21.1 Å². The van der Waals surface area contributed by atoms with Gasteiger partial charge in [-0.1, -0.05) is 0 Å². The van der Waals surface area contributed by atoms with Gasteiger partial charge in [0.1, 0.15) is 0 Å². The molecule has 0 bridgehead atoms.